The van der Waals surface area contributed by atoms with Crippen LogP contribution in [-0.4, -0.2) is 78.1 Å². The maximum Gasteiger partial charge on any atom is 0.490 e. The van der Waals surface area contributed by atoms with Crippen LogP contribution in [-0.2, 0) is 27.0 Å². The highest BCUT2D eigenvalue weighted by molar-refractivity contribution is 6.60. The molecule has 0 bridgehead atoms. The van der Waals surface area contributed by atoms with Crippen LogP contribution in [0.1, 0.15) is 24.0 Å². The predicted molar refractivity (Wildman–Crippen MR) is 144 cm³/mol. The molecule has 2 aromatic rings. The number of rotatable bonds is 14. The lowest BCUT2D eigenvalue weighted by atomic mass is 9.79. The molecule has 0 spiro atoms. The molecule has 15 heteroatoms. The van der Waals surface area contributed by atoms with Crippen LogP contribution in [0.3, 0.4) is 0 Å². The summed E-state index contributed by atoms with van der Waals surface area (Å²) < 4.78 is 38.9. The largest absolute Gasteiger partial charge is 0.490 e. The van der Waals surface area contributed by atoms with Crippen molar-refractivity contribution in [2.75, 3.05) is 31.5 Å². The average Bonchev–Trinajstić information content (AvgIpc) is 2.90. The van der Waals surface area contributed by atoms with Crippen molar-refractivity contribution in [2.45, 2.75) is 37.5 Å². The van der Waals surface area contributed by atoms with Crippen LogP contribution < -0.4 is 33.3 Å². The molecule has 3 amide bonds. The van der Waals surface area contributed by atoms with Crippen LogP contribution in [0.25, 0.3) is 0 Å². The lowest BCUT2D eigenvalue weighted by molar-refractivity contribution is -0.137. The first-order valence-corrected chi connectivity index (χ1v) is 12.5. The molecule has 0 saturated heterocycles. The second kappa shape index (κ2) is 15.3. The second-order valence-electron chi connectivity index (χ2n) is 9.01. The molecular weight excluding hydrogens is 532 g/mol. The average molecular weight is 566 g/mol. The maximum atomic E-state index is 13.2. The van der Waals surface area contributed by atoms with Gasteiger partial charge in [0.25, 0.3) is 0 Å². The van der Waals surface area contributed by atoms with Crippen LogP contribution in [0, 0.1) is 0 Å². The summed E-state index contributed by atoms with van der Waals surface area (Å²) in [5.74, 6) is -1.83. The molecule has 10 N–H and O–H groups in total. The number of para-hydroxylation sites is 1. The van der Waals surface area contributed by atoms with Gasteiger partial charge >= 0.3 is 13.3 Å². The van der Waals surface area contributed by atoms with Gasteiger partial charge in [0.1, 0.15) is 6.04 Å². The minimum atomic E-state index is -4.55. The quantitative estimate of drug-likeness (QED) is 0.140. The first kappa shape index (κ1) is 32.7. The van der Waals surface area contributed by atoms with Gasteiger partial charge in [0.05, 0.1) is 11.6 Å². The van der Waals surface area contributed by atoms with E-state index in [4.69, 9.17) is 17.2 Å². The summed E-state index contributed by atoms with van der Waals surface area (Å²) in [5, 5.41) is 24.2. The highest BCUT2D eigenvalue weighted by Gasteiger charge is 2.31. The summed E-state index contributed by atoms with van der Waals surface area (Å²) in [6.07, 6.45) is -4.88. The Bertz CT molecular complexity index is 1130. The van der Waals surface area contributed by atoms with Crippen LogP contribution in [0.15, 0.2) is 48.5 Å². The van der Waals surface area contributed by atoms with Gasteiger partial charge in [0, 0.05) is 50.2 Å². The lowest BCUT2D eigenvalue weighted by Crippen LogP contribution is -2.51. The molecule has 2 atom stereocenters. The third kappa shape index (κ3) is 9.91. The topological polar surface area (TPSA) is 197 Å². The Kier molecular flexibility index (Phi) is 12.5. The van der Waals surface area contributed by atoms with Crippen molar-refractivity contribution in [1.82, 2.24) is 10.2 Å². The van der Waals surface area contributed by atoms with Crippen molar-refractivity contribution in [2.24, 2.45) is 17.2 Å². The number of amides is 3. The van der Waals surface area contributed by atoms with E-state index in [1.54, 1.807) is 0 Å². The van der Waals surface area contributed by atoms with E-state index in [1.807, 2.05) is 0 Å². The van der Waals surface area contributed by atoms with Crippen molar-refractivity contribution in [3.63, 3.8) is 0 Å². The minimum Gasteiger partial charge on any atom is -0.423 e. The van der Waals surface area contributed by atoms with Gasteiger partial charge in [-0.3, -0.25) is 14.4 Å². The zero-order valence-corrected chi connectivity index (χ0v) is 21.7. The fraction of sp³-hybridized carbons (Fsp3) is 0.400. The molecule has 0 aromatic heterocycles. The number of hydrogen-bond acceptors (Lipinski definition) is 8. The molecule has 0 aliphatic carbocycles. The molecule has 0 heterocycles. The molecule has 40 heavy (non-hydrogen) atoms. The third-order valence-corrected chi connectivity index (χ3v) is 6.01. The van der Waals surface area contributed by atoms with Crippen molar-refractivity contribution < 1.29 is 37.6 Å². The molecule has 0 saturated carbocycles. The summed E-state index contributed by atoms with van der Waals surface area (Å²) in [4.78, 5) is 40.0. The summed E-state index contributed by atoms with van der Waals surface area (Å²) in [6, 6.07) is 7.43. The number of carbonyl (C=O) groups excluding carboxylic acids is 3. The van der Waals surface area contributed by atoms with E-state index >= 15 is 0 Å². The Balaban J connectivity index is 2.19. The van der Waals surface area contributed by atoms with Gasteiger partial charge in [-0.05, 0) is 30.2 Å². The molecule has 2 rings (SSSR count). The third-order valence-electron chi connectivity index (χ3n) is 6.01. The fourth-order valence-corrected chi connectivity index (χ4v) is 3.85. The number of alkyl halides is 3. The summed E-state index contributed by atoms with van der Waals surface area (Å²) in [6.45, 7) is 1.04. The highest BCUT2D eigenvalue weighted by Crippen LogP contribution is 2.29. The molecule has 0 fully saturated rings. The van der Waals surface area contributed by atoms with E-state index in [0.29, 0.717) is 5.56 Å². The monoisotopic (exact) mass is 566 g/mol. The molecule has 2 aromatic carbocycles. The zero-order valence-electron chi connectivity index (χ0n) is 21.7. The Labute approximate surface area is 230 Å². The van der Waals surface area contributed by atoms with Gasteiger partial charge in [0.2, 0.25) is 17.7 Å². The zero-order chi connectivity index (χ0) is 29.9. The van der Waals surface area contributed by atoms with E-state index in [1.165, 1.54) is 41.3 Å². The van der Waals surface area contributed by atoms with Gasteiger partial charge in [-0.2, -0.15) is 13.2 Å². The number of nitrogens with two attached hydrogens (primary N) is 3. The first-order valence-electron chi connectivity index (χ1n) is 12.5. The number of anilines is 1. The van der Waals surface area contributed by atoms with Crippen LogP contribution in [0.2, 0.25) is 0 Å². The minimum absolute atomic E-state index is 0.00909. The number of benzene rings is 2. The maximum absolute atomic E-state index is 13.2. The summed E-state index contributed by atoms with van der Waals surface area (Å²) in [7, 11) is -1.90. The van der Waals surface area contributed by atoms with Gasteiger partial charge in [0.15, 0.2) is 0 Å². The molecule has 0 unspecified atom stereocenters. The standard InChI is InChI=1S/C25H34BF3N6O5/c27-25(28,29)17-7-5-16(6-8-17)15-21(24(38)33-20-4-2-1-3-18(20)26(39)40)34-23(37)19(32)9-10-22(36)35(13-11-30)14-12-31/h1-8,19,21,39-40H,9-15,30-32H2,(H,33,38)(H,34,37)/t19-,21-/m0/s1. The highest BCUT2D eigenvalue weighted by atomic mass is 19.4. The van der Waals surface area contributed by atoms with Crippen molar-refractivity contribution in [3.05, 3.63) is 59.7 Å². The van der Waals surface area contributed by atoms with Gasteiger partial charge < -0.3 is 42.8 Å². The first-order chi connectivity index (χ1) is 18.9. The lowest BCUT2D eigenvalue weighted by Gasteiger charge is -2.23. The van der Waals surface area contributed by atoms with Crippen molar-refractivity contribution in [3.8, 4) is 0 Å². The van der Waals surface area contributed by atoms with Gasteiger partial charge in [-0.15, -0.1) is 0 Å². The molecule has 218 valence electrons. The van der Waals surface area contributed by atoms with Crippen LogP contribution in [0.4, 0.5) is 18.9 Å². The number of halogens is 3. The number of carbonyl (C=O) groups is 3. The van der Waals surface area contributed by atoms with Gasteiger partial charge in [-0.1, -0.05) is 30.3 Å². The predicted octanol–water partition coefficient (Wildman–Crippen LogP) is -1.10. The summed E-state index contributed by atoms with van der Waals surface area (Å²) >= 11 is 0. The van der Waals surface area contributed by atoms with Crippen LogP contribution >= 0.6 is 0 Å². The van der Waals surface area contributed by atoms with E-state index in [0.717, 1.165) is 12.1 Å². The fourth-order valence-electron chi connectivity index (χ4n) is 3.85. The second-order valence-corrected chi connectivity index (χ2v) is 9.01. The number of nitrogens with zero attached hydrogens (tertiary/aromatic N) is 1. The van der Waals surface area contributed by atoms with Crippen molar-refractivity contribution in [1.29, 1.82) is 0 Å². The Morgan fingerprint density at radius 1 is 0.950 bits per heavy atom. The molecule has 0 aliphatic heterocycles. The smallest absolute Gasteiger partial charge is 0.423 e. The molecule has 0 radical (unpaired) electrons. The van der Waals surface area contributed by atoms with E-state index in [9.17, 15) is 37.6 Å². The van der Waals surface area contributed by atoms with E-state index in [2.05, 4.69) is 10.6 Å². The SMILES string of the molecule is NCCN(CCN)C(=O)CC[C@H](N)C(=O)N[C@@H](Cc1ccc(C(F)(F)F)cc1)C(=O)Nc1ccccc1B(O)O. The van der Waals surface area contributed by atoms with Crippen LogP contribution in [0.5, 0.6) is 0 Å². The number of hydrogen-bond donors (Lipinski definition) is 7. The Morgan fingerprint density at radius 3 is 2.10 bits per heavy atom. The van der Waals surface area contributed by atoms with Crippen molar-refractivity contribution >= 4 is 36.0 Å². The normalized spacial score (nSPS) is 12.8. The van der Waals surface area contributed by atoms with E-state index in [-0.39, 0.29) is 62.5 Å². The van der Waals surface area contributed by atoms with Gasteiger partial charge in [-0.25, -0.2) is 0 Å². The van der Waals surface area contributed by atoms with E-state index < -0.39 is 42.8 Å². The molecule has 0 aliphatic rings. The summed E-state index contributed by atoms with van der Waals surface area (Å²) in [5.41, 5.74) is 16.5. The Hall–Kier alpha value is -3.50. The number of nitrogens with one attached hydrogen (secondary N) is 2. The molecular formula is C25H34BF3N6O5. The molecule has 11 nitrogen and oxygen atoms in total. The Morgan fingerprint density at radius 2 is 1.55 bits per heavy atom.